The molecule has 0 saturated carbocycles. The molecule has 0 aliphatic heterocycles. The smallest absolute Gasteiger partial charge is 0.127 e. The van der Waals surface area contributed by atoms with Gasteiger partial charge in [-0.25, -0.2) is 0 Å². The highest BCUT2D eigenvalue weighted by Crippen LogP contribution is 2.34. The summed E-state index contributed by atoms with van der Waals surface area (Å²) in [5.41, 5.74) is 5.53. The van der Waals surface area contributed by atoms with Gasteiger partial charge in [0.05, 0.1) is 20.3 Å². The zero-order valence-corrected chi connectivity index (χ0v) is 15.7. The molecule has 0 radical (unpaired) electrons. The van der Waals surface area contributed by atoms with E-state index in [1.165, 1.54) is 0 Å². The summed E-state index contributed by atoms with van der Waals surface area (Å²) < 4.78 is 17.0. The highest BCUT2D eigenvalue weighted by Gasteiger charge is 2.22. The number of hydrogen-bond acceptors (Lipinski definition) is 3. The quantitative estimate of drug-likeness (QED) is 0.519. The van der Waals surface area contributed by atoms with Crippen LogP contribution in [0.3, 0.4) is 0 Å². The molecule has 1 atom stereocenters. The van der Waals surface area contributed by atoms with Crippen LogP contribution < -0.4 is 4.74 Å². The van der Waals surface area contributed by atoms with Crippen LogP contribution in [0.25, 0.3) is 5.57 Å². The van der Waals surface area contributed by atoms with Gasteiger partial charge in [0, 0.05) is 12.7 Å². The van der Waals surface area contributed by atoms with Crippen LogP contribution in [0.4, 0.5) is 0 Å². The Bertz CT molecular complexity index is 570. The van der Waals surface area contributed by atoms with Gasteiger partial charge in [-0.1, -0.05) is 13.0 Å². The maximum absolute atomic E-state index is 5.74. The fourth-order valence-electron chi connectivity index (χ4n) is 2.99. The Balaban J connectivity index is 3.69. The van der Waals surface area contributed by atoms with E-state index in [-0.39, 0.29) is 6.10 Å². The van der Waals surface area contributed by atoms with Crippen molar-refractivity contribution in [1.29, 1.82) is 0 Å². The van der Waals surface area contributed by atoms with Gasteiger partial charge in [-0.3, -0.25) is 0 Å². The molecule has 1 rings (SSSR count). The fraction of sp³-hybridized carbons (Fsp3) is 0.500. The molecule has 0 aromatic heterocycles. The molecule has 0 amide bonds. The Morgan fingerprint density at radius 3 is 2.04 bits per heavy atom. The minimum atomic E-state index is -0.0213. The summed E-state index contributed by atoms with van der Waals surface area (Å²) in [6.45, 7) is 10.3. The molecule has 1 aromatic rings. The Labute approximate surface area is 141 Å². The number of rotatable bonds is 7. The molecule has 0 aliphatic carbocycles. The van der Waals surface area contributed by atoms with Crippen molar-refractivity contribution in [1.82, 2.24) is 0 Å². The normalized spacial score (nSPS) is 14.3. The van der Waals surface area contributed by atoms with Crippen LogP contribution in [0.1, 0.15) is 43.9 Å². The fourth-order valence-corrected chi connectivity index (χ4v) is 2.99. The molecule has 128 valence electrons. The minimum absolute atomic E-state index is 0.0213. The van der Waals surface area contributed by atoms with Crippen LogP contribution >= 0.6 is 0 Å². The second kappa shape index (κ2) is 8.78. The maximum Gasteiger partial charge on any atom is 0.127 e. The van der Waals surface area contributed by atoms with Gasteiger partial charge in [0.2, 0.25) is 0 Å². The third-order valence-electron chi connectivity index (χ3n) is 4.19. The zero-order chi connectivity index (χ0) is 17.6. The number of ether oxygens (including phenoxy) is 3. The predicted molar refractivity (Wildman–Crippen MR) is 96.9 cm³/mol. The van der Waals surface area contributed by atoms with Crippen LogP contribution in [-0.2, 0) is 9.47 Å². The topological polar surface area (TPSA) is 27.7 Å². The van der Waals surface area contributed by atoms with Crippen molar-refractivity contribution in [2.45, 2.75) is 47.1 Å². The first-order valence-electron chi connectivity index (χ1n) is 8.04. The Morgan fingerprint density at radius 2 is 1.70 bits per heavy atom. The van der Waals surface area contributed by atoms with Crippen LogP contribution in [0.2, 0.25) is 0 Å². The number of aryl methyl sites for hydroxylation is 2. The van der Waals surface area contributed by atoms with Gasteiger partial charge in [-0.2, -0.15) is 0 Å². The predicted octanol–water partition coefficient (Wildman–Crippen LogP) is 5.06. The molecule has 3 heteroatoms. The van der Waals surface area contributed by atoms with Gasteiger partial charge in [-0.15, -0.1) is 0 Å². The first kappa shape index (κ1) is 19.3. The first-order valence-corrected chi connectivity index (χ1v) is 8.04. The molecule has 0 spiro atoms. The van der Waals surface area contributed by atoms with E-state index in [0.29, 0.717) is 0 Å². The summed E-state index contributed by atoms with van der Waals surface area (Å²) in [6, 6.07) is 4.29. The summed E-state index contributed by atoms with van der Waals surface area (Å²) >= 11 is 0. The van der Waals surface area contributed by atoms with Crippen molar-refractivity contribution < 1.29 is 14.2 Å². The average molecular weight is 318 g/mol. The summed E-state index contributed by atoms with van der Waals surface area (Å²) in [7, 11) is 5.17. The molecular formula is C20H30O3. The number of benzene rings is 1. The molecule has 0 saturated heterocycles. The van der Waals surface area contributed by atoms with E-state index in [1.807, 2.05) is 6.92 Å². The number of allylic oxidation sites excluding steroid dienone is 2. The van der Waals surface area contributed by atoms with Gasteiger partial charge in [0.15, 0.2) is 0 Å². The lowest BCUT2D eigenvalue weighted by atomic mass is 9.92. The van der Waals surface area contributed by atoms with Crippen LogP contribution in [0.5, 0.6) is 5.75 Å². The largest absolute Gasteiger partial charge is 0.496 e. The van der Waals surface area contributed by atoms with Gasteiger partial charge in [-0.05, 0) is 68.5 Å². The molecule has 1 unspecified atom stereocenters. The van der Waals surface area contributed by atoms with E-state index in [0.717, 1.165) is 45.8 Å². The highest BCUT2D eigenvalue weighted by molar-refractivity contribution is 5.75. The summed E-state index contributed by atoms with van der Waals surface area (Å²) in [4.78, 5) is 0. The van der Waals surface area contributed by atoms with Gasteiger partial charge in [0.25, 0.3) is 0 Å². The molecular weight excluding hydrogens is 288 g/mol. The number of methoxy groups -OCH3 is 3. The SMILES string of the molecule is C/C=C(C)\C(OC)=C(/c1cc(C)c(OC)c(C)c1)C(CC)OC. The average Bonchev–Trinajstić information content (AvgIpc) is 2.54. The second-order valence-electron chi connectivity index (χ2n) is 5.69. The summed E-state index contributed by atoms with van der Waals surface area (Å²) in [5, 5.41) is 0. The Kier molecular flexibility index (Phi) is 7.37. The molecule has 0 aliphatic rings. The number of hydrogen-bond donors (Lipinski definition) is 0. The van der Waals surface area contributed by atoms with Crippen molar-refractivity contribution in [3.05, 3.63) is 46.2 Å². The highest BCUT2D eigenvalue weighted by atomic mass is 16.5. The van der Waals surface area contributed by atoms with Gasteiger partial charge >= 0.3 is 0 Å². The van der Waals surface area contributed by atoms with E-state index in [4.69, 9.17) is 14.2 Å². The van der Waals surface area contributed by atoms with Crippen molar-refractivity contribution in [3.63, 3.8) is 0 Å². The molecule has 1 aromatic carbocycles. The van der Waals surface area contributed by atoms with Gasteiger partial charge < -0.3 is 14.2 Å². The maximum atomic E-state index is 5.74. The van der Waals surface area contributed by atoms with E-state index in [9.17, 15) is 0 Å². The van der Waals surface area contributed by atoms with E-state index in [1.54, 1.807) is 21.3 Å². The lowest BCUT2D eigenvalue weighted by Crippen LogP contribution is -2.15. The van der Waals surface area contributed by atoms with E-state index < -0.39 is 0 Å². The molecule has 23 heavy (non-hydrogen) atoms. The monoisotopic (exact) mass is 318 g/mol. The van der Waals surface area contributed by atoms with Crippen molar-refractivity contribution in [2.24, 2.45) is 0 Å². The van der Waals surface area contributed by atoms with Crippen LogP contribution in [0, 0.1) is 13.8 Å². The van der Waals surface area contributed by atoms with Crippen molar-refractivity contribution in [2.75, 3.05) is 21.3 Å². The van der Waals surface area contributed by atoms with E-state index >= 15 is 0 Å². The molecule has 0 fully saturated rings. The van der Waals surface area contributed by atoms with Crippen LogP contribution in [-0.4, -0.2) is 27.4 Å². The Morgan fingerprint density at radius 1 is 1.13 bits per heavy atom. The second-order valence-corrected chi connectivity index (χ2v) is 5.69. The molecule has 0 heterocycles. The standard InChI is InChI=1S/C20H30O3/c1-9-13(3)20(23-8)18(17(10-2)21-6)16-11-14(4)19(22-7)15(5)12-16/h9,11-12,17H,10H2,1-8H3/b13-9-,20-18-. The lowest BCUT2D eigenvalue weighted by molar-refractivity contribution is 0.142. The van der Waals surface area contributed by atoms with E-state index in [2.05, 4.69) is 45.9 Å². The van der Waals surface area contributed by atoms with Crippen molar-refractivity contribution in [3.8, 4) is 5.75 Å². The zero-order valence-electron chi connectivity index (χ0n) is 15.7. The summed E-state index contributed by atoms with van der Waals surface area (Å²) in [6.07, 6.45) is 2.91. The molecule has 0 bridgehead atoms. The molecule has 0 N–H and O–H groups in total. The first-order chi connectivity index (χ1) is 10.9. The third kappa shape index (κ3) is 4.17. The summed E-state index contributed by atoms with van der Waals surface area (Å²) in [5.74, 6) is 1.81. The lowest BCUT2D eigenvalue weighted by Gasteiger charge is -2.23. The van der Waals surface area contributed by atoms with Gasteiger partial charge in [0.1, 0.15) is 11.5 Å². The minimum Gasteiger partial charge on any atom is -0.496 e. The Hall–Kier alpha value is -1.74. The van der Waals surface area contributed by atoms with Crippen molar-refractivity contribution >= 4 is 5.57 Å². The van der Waals surface area contributed by atoms with Crippen LogP contribution in [0.15, 0.2) is 29.5 Å². The third-order valence-corrected chi connectivity index (χ3v) is 4.19. The molecule has 3 nitrogen and oxygen atoms in total.